The van der Waals surface area contributed by atoms with Crippen molar-refractivity contribution in [3.8, 4) is 0 Å². The fraction of sp³-hybridized carbons (Fsp3) is 0.391. The first kappa shape index (κ1) is 21.8. The number of benzene rings is 2. The molecule has 0 bridgehead atoms. The van der Waals surface area contributed by atoms with Gasteiger partial charge < -0.3 is 5.32 Å². The molecule has 2 aromatic carbocycles. The van der Waals surface area contributed by atoms with Gasteiger partial charge in [-0.25, -0.2) is 4.42 Å². The Kier molecular flexibility index (Phi) is 8.10. The molecule has 0 saturated heterocycles. The number of hydrogen-bond acceptors (Lipinski definition) is 3. The van der Waals surface area contributed by atoms with Crippen LogP contribution in [0.15, 0.2) is 42.5 Å². The molecule has 0 unspecified atom stereocenters. The van der Waals surface area contributed by atoms with Gasteiger partial charge in [0.25, 0.3) is 0 Å². The van der Waals surface area contributed by atoms with Gasteiger partial charge in [0.15, 0.2) is 5.78 Å². The van der Waals surface area contributed by atoms with Gasteiger partial charge in [0.1, 0.15) is 0 Å². The van der Waals surface area contributed by atoms with E-state index >= 15 is 0 Å². The van der Waals surface area contributed by atoms with E-state index in [1.54, 1.807) is 12.1 Å². The van der Waals surface area contributed by atoms with E-state index in [1.165, 1.54) is 5.56 Å². The average Bonchev–Trinajstić information content (AvgIpc) is 2.73. The molecule has 1 aliphatic rings. The molecule has 0 saturated carbocycles. The average molecular weight is 433 g/mol. The van der Waals surface area contributed by atoms with Crippen LogP contribution in [0.2, 0.25) is 5.02 Å². The molecular weight excluding hydrogens is 407 g/mol. The number of Topliss-reactive ketones (excluding diaryl/α,β-unsaturated/α-hetero) is 1. The number of aryl methyl sites for hydroxylation is 1. The number of carbonyl (C=O) groups excluding carboxylic acids is 2. The molecule has 1 heterocycles. The summed E-state index contributed by atoms with van der Waals surface area (Å²) in [5.74, 6) is 0.0521. The van der Waals surface area contributed by atoms with Crippen molar-refractivity contribution >= 4 is 40.8 Å². The summed E-state index contributed by atoms with van der Waals surface area (Å²) < 4.78 is 1.16. The number of rotatable bonds is 10. The molecule has 1 aliphatic heterocycles. The summed E-state index contributed by atoms with van der Waals surface area (Å²) in [7, 11) is 0. The number of carbonyl (C=O) groups is 2. The third-order valence-electron chi connectivity index (χ3n) is 5.23. The van der Waals surface area contributed by atoms with Crippen LogP contribution in [0.4, 0.5) is 5.69 Å². The second-order valence-corrected chi connectivity index (χ2v) is 8.09. The molecule has 1 amide bonds. The molecule has 0 radical (unpaired) electrons. The minimum absolute atomic E-state index is 0.0984. The van der Waals surface area contributed by atoms with Gasteiger partial charge in [0.2, 0.25) is 5.91 Å². The maximum absolute atomic E-state index is 12.5. The fourth-order valence-electron chi connectivity index (χ4n) is 3.53. The lowest BCUT2D eigenvalue weighted by molar-refractivity contribution is -0.117. The van der Waals surface area contributed by atoms with E-state index in [9.17, 15) is 9.59 Å². The smallest absolute Gasteiger partial charge is 0.241 e. The van der Waals surface area contributed by atoms with Crippen LogP contribution in [0.1, 0.15) is 53.6 Å². The number of amides is 1. The monoisotopic (exact) mass is 432 g/mol. The number of hydrogen-bond donors (Lipinski definition) is 1. The molecular formula is C23H26Cl2N2O2. The molecule has 154 valence electrons. The highest BCUT2D eigenvalue weighted by atomic mass is 35.5. The first-order valence-electron chi connectivity index (χ1n) is 10.2. The molecule has 2 aromatic rings. The molecule has 0 fully saturated rings. The molecule has 1 N–H and O–H groups in total. The van der Waals surface area contributed by atoms with E-state index in [0.29, 0.717) is 30.5 Å². The van der Waals surface area contributed by atoms with E-state index in [-0.39, 0.29) is 11.7 Å². The number of nitrogens with zero attached hydrogens (tertiary/aromatic N) is 1. The molecule has 0 atom stereocenters. The van der Waals surface area contributed by atoms with Gasteiger partial charge >= 0.3 is 0 Å². The highest BCUT2D eigenvalue weighted by Crippen LogP contribution is 2.30. The van der Waals surface area contributed by atoms with Crippen LogP contribution in [0.3, 0.4) is 0 Å². The number of halogens is 2. The number of unbranched alkanes of at least 4 members (excludes halogenated alkanes) is 2. The summed E-state index contributed by atoms with van der Waals surface area (Å²) in [6.07, 6.45) is 5.42. The normalized spacial score (nSPS) is 13.4. The van der Waals surface area contributed by atoms with Gasteiger partial charge in [-0.2, -0.15) is 0 Å². The Bertz CT molecular complexity index is 870. The van der Waals surface area contributed by atoms with Crippen LogP contribution in [-0.4, -0.2) is 24.8 Å². The Morgan fingerprint density at radius 1 is 1.03 bits per heavy atom. The van der Waals surface area contributed by atoms with Gasteiger partial charge in [-0.3, -0.25) is 9.59 Å². The van der Waals surface area contributed by atoms with Crippen molar-refractivity contribution in [2.45, 2.75) is 44.9 Å². The largest absolute Gasteiger partial charge is 0.316 e. The van der Waals surface area contributed by atoms with E-state index in [0.717, 1.165) is 53.8 Å². The van der Waals surface area contributed by atoms with E-state index in [1.807, 2.05) is 24.3 Å². The van der Waals surface area contributed by atoms with Crippen LogP contribution in [-0.2, 0) is 17.6 Å². The van der Waals surface area contributed by atoms with Crippen LogP contribution < -0.4 is 9.74 Å². The maximum Gasteiger partial charge on any atom is 0.241 e. The number of ketones is 1. The standard InChI is InChI=1S/C23H26Cl2N2O2/c24-20-7-4-3-6-17(20)13-15-26-14-5-1-2-8-22(28)19-9-11-21-18(16-19)10-12-23(29)27(21)25/h3-4,6-7,9,11,16,26H,1-2,5,8,10,12-15H2. The van der Waals surface area contributed by atoms with Gasteiger partial charge in [0.05, 0.1) is 5.69 Å². The summed E-state index contributed by atoms with van der Waals surface area (Å²) in [4.78, 5) is 24.1. The predicted molar refractivity (Wildman–Crippen MR) is 119 cm³/mol. The lowest BCUT2D eigenvalue weighted by atomic mass is 9.97. The number of fused-ring (bicyclic) bond motifs is 1. The fourth-order valence-corrected chi connectivity index (χ4v) is 4.01. The summed E-state index contributed by atoms with van der Waals surface area (Å²) in [5, 5.41) is 4.25. The van der Waals surface area contributed by atoms with Crippen molar-refractivity contribution in [2.75, 3.05) is 17.5 Å². The van der Waals surface area contributed by atoms with E-state index in [4.69, 9.17) is 23.4 Å². The van der Waals surface area contributed by atoms with Crippen molar-refractivity contribution in [1.29, 1.82) is 0 Å². The lowest BCUT2D eigenvalue weighted by Gasteiger charge is -2.23. The Morgan fingerprint density at radius 3 is 2.69 bits per heavy atom. The summed E-state index contributed by atoms with van der Waals surface area (Å²) in [6, 6.07) is 13.3. The van der Waals surface area contributed by atoms with Crippen molar-refractivity contribution in [1.82, 2.24) is 5.32 Å². The first-order valence-corrected chi connectivity index (χ1v) is 10.9. The Balaban J connectivity index is 1.32. The van der Waals surface area contributed by atoms with Gasteiger partial charge in [0, 0.05) is 35.2 Å². The third kappa shape index (κ3) is 6.05. The van der Waals surface area contributed by atoms with Crippen molar-refractivity contribution in [2.24, 2.45) is 0 Å². The maximum atomic E-state index is 12.5. The molecule has 0 aromatic heterocycles. The van der Waals surface area contributed by atoms with Gasteiger partial charge in [-0.1, -0.05) is 36.2 Å². The Hall–Kier alpha value is -1.88. The molecule has 6 heteroatoms. The first-order chi connectivity index (χ1) is 14.1. The molecule has 4 nitrogen and oxygen atoms in total. The van der Waals surface area contributed by atoms with Gasteiger partial charge in [-0.05, 0) is 74.2 Å². The zero-order chi connectivity index (χ0) is 20.6. The highest BCUT2D eigenvalue weighted by Gasteiger charge is 2.23. The van der Waals surface area contributed by atoms with Crippen molar-refractivity contribution < 1.29 is 9.59 Å². The Morgan fingerprint density at radius 2 is 1.86 bits per heavy atom. The zero-order valence-corrected chi connectivity index (χ0v) is 17.9. The second-order valence-electron chi connectivity index (χ2n) is 7.34. The molecule has 3 rings (SSSR count). The molecule has 29 heavy (non-hydrogen) atoms. The van der Waals surface area contributed by atoms with Crippen LogP contribution in [0.5, 0.6) is 0 Å². The summed E-state index contributed by atoms with van der Waals surface area (Å²) in [6.45, 7) is 1.84. The minimum Gasteiger partial charge on any atom is -0.316 e. The highest BCUT2D eigenvalue weighted by molar-refractivity contribution is 6.37. The third-order valence-corrected chi connectivity index (χ3v) is 5.97. The quantitative estimate of drug-likeness (QED) is 0.312. The topological polar surface area (TPSA) is 49.4 Å². The van der Waals surface area contributed by atoms with E-state index in [2.05, 4.69) is 11.4 Å². The zero-order valence-electron chi connectivity index (χ0n) is 16.4. The van der Waals surface area contributed by atoms with Crippen LogP contribution in [0.25, 0.3) is 0 Å². The lowest BCUT2D eigenvalue weighted by Crippen LogP contribution is -2.26. The van der Waals surface area contributed by atoms with Crippen LogP contribution in [0, 0.1) is 0 Å². The second kappa shape index (κ2) is 10.8. The summed E-state index contributed by atoms with van der Waals surface area (Å²) in [5.41, 5.74) is 3.54. The SMILES string of the molecule is O=C(CCCCCNCCc1ccccc1Cl)c1ccc2c(c1)CCC(=O)N2Cl. The van der Waals surface area contributed by atoms with Gasteiger partial charge in [-0.15, -0.1) is 0 Å². The molecule has 0 aliphatic carbocycles. The summed E-state index contributed by atoms with van der Waals surface area (Å²) >= 11 is 12.2. The minimum atomic E-state index is -0.0984. The number of nitrogens with one attached hydrogen (secondary N) is 1. The van der Waals surface area contributed by atoms with Crippen LogP contribution >= 0.6 is 23.4 Å². The molecule has 0 spiro atoms. The van der Waals surface area contributed by atoms with E-state index < -0.39 is 0 Å². The van der Waals surface area contributed by atoms with Crippen molar-refractivity contribution in [3.05, 3.63) is 64.2 Å². The number of anilines is 1. The Labute approximate surface area is 182 Å². The predicted octanol–water partition coefficient (Wildman–Crippen LogP) is 5.35. The van der Waals surface area contributed by atoms with Crippen molar-refractivity contribution in [3.63, 3.8) is 0 Å².